The first-order valence-corrected chi connectivity index (χ1v) is 8.51. The van der Waals surface area contributed by atoms with Crippen LogP contribution < -0.4 is 10.1 Å². The number of sulfonamides is 1. The Hall–Kier alpha value is -1.47. The minimum atomic E-state index is -3.68. The van der Waals surface area contributed by atoms with Crippen LogP contribution in [0.2, 0.25) is 0 Å². The maximum atomic E-state index is 12.2. The van der Waals surface area contributed by atoms with Crippen molar-refractivity contribution in [1.82, 2.24) is 0 Å². The van der Waals surface area contributed by atoms with Crippen molar-refractivity contribution in [2.45, 2.75) is 18.7 Å². The molecule has 20 heavy (non-hydrogen) atoms. The average molecular weight is 312 g/mol. The summed E-state index contributed by atoms with van der Waals surface area (Å²) >= 11 is 1.31. The number of anilines is 1. The van der Waals surface area contributed by atoms with Crippen molar-refractivity contribution >= 4 is 32.6 Å². The van der Waals surface area contributed by atoms with Crippen LogP contribution in [-0.2, 0) is 10.0 Å². The molecule has 0 amide bonds. The quantitative estimate of drug-likeness (QED) is 0.866. The van der Waals surface area contributed by atoms with E-state index in [1.165, 1.54) is 17.8 Å². The first-order chi connectivity index (χ1) is 9.42. The third-order valence-electron chi connectivity index (χ3n) is 2.44. The average Bonchev–Trinajstić information content (AvgIpc) is 2.37. The molecule has 0 spiro atoms. The molecule has 5 nitrogen and oxygen atoms in total. The molecule has 0 saturated heterocycles. The maximum absolute atomic E-state index is 12.2. The van der Waals surface area contributed by atoms with Crippen molar-refractivity contribution in [3.05, 3.63) is 30.4 Å². The third-order valence-corrected chi connectivity index (χ3v) is 4.98. The molecule has 108 valence electrons. The Morgan fingerprint density at radius 3 is 2.90 bits per heavy atom. The summed E-state index contributed by atoms with van der Waals surface area (Å²) < 4.78 is 33.4. The number of ether oxygens (including phenoxy) is 1. The molecule has 1 aliphatic rings. The highest BCUT2D eigenvalue weighted by Gasteiger charge is 2.25. The fraction of sp³-hybridized carbons (Fsp3) is 0.308. The fourth-order valence-corrected chi connectivity index (χ4v) is 3.72. The van der Waals surface area contributed by atoms with E-state index in [2.05, 4.69) is 16.3 Å². The molecule has 0 radical (unpaired) electrons. The molecule has 1 aromatic carbocycles. The van der Waals surface area contributed by atoms with Gasteiger partial charge >= 0.3 is 0 Å². The van der Waals surface area contributed by atoms with Gasteiger partial charge in [0.05, 0.1) is 12.3 Å². The molecule has 1 aromatic rings. The lowest BCUT2D eigenvalue weighted by Crippen LogP contribution is -2.19. The Kier molecular flexibility index (Phi) is 4.39. The summed E-state index contributed by atoms with van der Waals surface area (Å²) in [5.41, 5.74) is 1.47. The van der Waals surface area contributed by atoms with E-state index in [4.69, 9.17) is 4.74 Å². The molecule has 2 rings (SSSR count). The summed E-state index contributed by atoms with van der Waals surface area (Å²) in [5.74, 6) is 1.14. The molecule has 0 aliphatic carbocycles. The van der Waals surface area contributed by atoms with Crippen LogP contribution in [0.5, 0.6) is 5.75 Å². The summed E-state index contributed by atoms with van der Waals surface area (Å²) in [6.07, 6.45) is 0. The van der Waals surface area contributed by atoms with Gasteiger partial charge in [-0.05, 0) is 26.0 Å². The SMILES string of the molecule is C=C(C)CSC1=NS(=O)(=O)c2cc(OCC)ccc2N1. The normalized spacial score (nSPS) is 15.8. The number of nitrogens with zero attached hydrogens (tertiary/aromatic N) is 1. The van der Waals surface area contributed by atoms with Crippen LogP contribution in [0.15, 0.2) is 39.6 Å². The van der Waals surface area contributed by atoms with Crippen LogP contribution in [0.25, 0.3) is 0 Å². The van der Waals surface area contributed by atoms with E-state index in [1.807, 2.05) is 13.8 Å². The number of thioether (sulfide) groups is 1. The van der Waals surface area contributed by atoms with Crippen LogP contribution in [0.1, 0.15) is 13.8 Å². The number of fused-ring (bicyclic) bond motifs is 1. The van der Waals surface area contributed by atoms with Gasteiger partial charge in [0, 0.05) is 11.8 Å². The van der Waals surface area contributed by atoms with Gasteiger partial charge in [-0.3, -0.25) is 0 Å². The topological polar surface area (TPSA) is 67.8 Å². The van der Waals surface area contributed by atoms with Gasteiger partial charge in [0.15, 0.2) is 5.17 Å². The monoisotopic (exact) mass is 312 g/mol. The van der Waals surface area contributed by atoms with E-state index in [0.717, 1.165) is 5.57 Å². The number of nitrogens with one attached hydrogen (secondary N) is 1. The van der Waals surface area contributed by atoms with E-state index in [9.17, 15) is 8.42 Å². The van der Waals surface area contributed by atoms with Crippen molar-refractivity contribution in [1.29, 1.82) is 0 Å². The summed E-state index contributed by atoms with van der Waals surface area (Å²) in [6, 6.07) is 4.91. The van der Waals surface area contributed by atoms with Gasteiger partial charge in [-0.15, -0.1) is 4.40 Å². The second kappa shape index (κ2) is 5.88. The van der Waals surface area contributed by atoms with Gasteiger partial charge in [-0.25, -0.2) is 0 Å². The molecule has 0 aromatic heterocycles. The number of benzene rings is 1. The summed E-state index contributed by atoms with van der Waals surface area (Å²) in [4.78, 5) is 0.142. The second-order valence-corrected chi connectivity index (χ2v) is 6.87. The fourth-order valence-electron chi connectivity index (χ4n) is 1.63. The first-order valence-electron chi connectivity index (χ1n) is 6.08. The molecule has 0 fully saturated rings. The van der Waals surface area contributed by atoms with E-state index < -0.39 is 10.0 Å². The highest BCUT2D eigenvalue weighted by atomic mass is 32.2. The predicted molar refractivity (Wildman–Crippen MR) is 83.1 cm³/mol. The van der Waals surface area contributed by atoms with E-state index in [1.54, 1.807) is 12.1 Å². The zero-order valence-corrected chi connectivity index (χ0v) is 13.0. The van der Waals surface area contributed by atoms with Crippen LogP contribution in [0.4, 0.5) is 5.69 Å². The predicted octanol–water partition coefficient (Wildman–Crippen LogP) is 2.86. The van der Waals surface area contributed by atoms with E-state index in [0.29, 0.717) is 29.0 Å². The molecule has 0 unspecified atom stereocenters. The molecular formula is C13H16N2O3S2. The molecular weight excluding hydrogens is 296 g/mol. The van der Waals surface area contributed by atoms with Crippen LogP contribution in [-0.4, -0.2) is 25.9 Å². The van der Waals surface area contributed by atoms with Crippen molar-refractivity contribution in [3.63, 3.8) is 0 Å². The molecule has 1 heterocycles. The zero-order valence-electron chi connectivity index (χ0n) is 11.3. The first kappa shape index (κ1) is 14.9. The molecule has 0 bridgehead atoms. The van der Waals surface area contributed by atoms with Gasteiger partial charge in [0.2, 0.25) is 0 Å². The molecule has 1 aliphatic heterocycles. The third kappa shape index (κ3) is 3.34. The van der Waals surface area contributed by atoms with Gasteiger partial charge in [0.1, 0.15) is 10.6 Å². The highest BCUT2D eigenvalue weighted by Crippen LogP contribution is 2.32. The second-order valence-electron chi connectivity index (χ2n) is 4.33. The van der Waals surface area contributed by atoms with E-state index >= 15 is 0 Å². The standard InChI is InChI=1S/C13H16N2O3S2/c1-4-18-10-5-6-11-12(7-10)20(16,17)15-13(14-11)19-8-9(2)3/h5-7H,2,4,8H2,1,3H3,(H,14,15). The minimum absolute atomic E-state index is 0.142. The largest absolute Gasteiger partial charge is 0.494 e. The van der Waals surface area contributed by atoms with Crippen molar-refractivity contribution in [2.75, 3.05) is 17.7 Å². The Bertz CT molecular complexity index is 666. The minimum Gasteiger partial charge on any atom is -0.494 e. The van der Waals surface area contributed by atoms with Gasteiger partial charge < -0.3 is 10.1 Å². The molecule has 0 atom stereocenters. The Morgan fingerprint density at radius 1 is 1.50 bits per heavy atom. The number of hydrogen-bond acceptors (Lipinski definition) is 5. The molecule has 7 heteroatoms. The van der Waals surface area contributed by atoms with Crippen LogP contribution in [0.3, 0.4) is 0 Å². The zero-order chi connectivity index (χ0) is 14.8. The molecule has 0 saturated carbocycles. The summed E-state index contributed by atoms with van der Waals surface area (Å²) in [5, 5.41) is 3.38. The summed E-state index contributed by atoms with van der Waals surface area (Å²) in [6.45, 7) is 7.99. The smallest absolute Gasteiger partial charge is 0.286 e. The molecule has 1 N–H and O–H groups in total. The lowest BCUT2D eigenvalue weighted by molar-refractivity contribution is 0.339. The van der Waals surface area contributed by atoms with Gasteiger partial charge in [0.25, 0.3) is 10.0 Å². The highest BCUT2D eigenvalue weighted by molar-refractivity contribution is 8.15. The van der Waals surface area contributed by atoms with E-state index in [-0.39, 0.29) is 4.90 Å². The Balaban J connectivity index is 2.31. The summed E-state index contributed by atoms with van der Waals surface area (Å²) in [7, 11) is -3.68. The Labute approximate surface area is 123 Å². The van der Waals surface area contributed by atoms with Gasteiger partial charge in [-0.1, -0.05) is 23.9 Å². The lowest BCUT2D eigenvalue weighted by Gasteiger charge is -2.18. The lowest BCUT2D eigenvalue weighted by atomic mass is 10.3. The van der Waals surface area contributed by atoms with Crippen molar-refractivity contribution in [2.24, 2.45) is 4.40 Å². The van der Waals surface area contributed by atoms with Crippen LogP contribution in [0, 0.1) is 0 Å². The number of rotatable bonds is 4. The maximum Gasteiger partial charge on any atom is 0.286 e. The Morgan fingerprint density at radius 2 is 2.25 bits per heavy atom. The van der Waals surface area contributed by atoms with Crippen molar-refractivity contribution < 1.29 is 13.2 Å². The number of hydrogen-bond donors (Lipinski definition) is 1. The van der Waals surface area contributed by atoms with Crippen molar-refractivity contribution in [3.8, 4) is 5.75 Å². The van der Waals surface area contributed by atoms with Crippen LogP contribution >= 0.6 is 11.8 Å². The van der Waals surface area contributed by atoms with Gasteiger partial charge in [-0.2, -0.15) is 8.42 Å². The number of amidine groups is 1.